The number of nitrogens with one attached hydrogen (secondary N) is 1. The number of hydrogen-bond donors (Lipinski definition) is 1. The van der Waals surface area contributed by atoms with Crippen molar-refractivity contribution in [2.24, 2.45) is 5.92 Å². The molecule has 2 aliphatic rings. The van der Waals surface area contributed by atoms with Crippen molar-refractivity contribution in [3.05, 3.63) is 35.4 Å². The molecule has 0 aromatic heterocycles. The predicted molar refractivity (Wildman–Crippen MR) is 99.7 cm³/mol. The Kier molecular flexibility index (Phi) is 9.02. The zero-order valence-electron chi connectivity index (χ0n) is 14.2. The minimum atomic E-state index is -4.27. The van der Waals surface area contributed by atoms with Gasteiger partial charge in [-0.05, 0) is 36.5 Å². The molecule has 0 spiro atoms. The van der Waals surface area contributed by atoms with E-state index in [1.165, 1.54) is 31.4 Å². The van der Waals surface area contributed by atoms with E-state index in [1.54, 1.807) is 6.07 Å². The number of piperazine rings is 1. The third-order valence-electron chi connectivity index (χ3n) is 5.20. The van der Waals surface area contributed by atoms with Crippen LogP contribution >= 0.6 is 24.8 Å². The van der Waals surface area contributed by atoms with Gasteiger partial charge >= 0.3 is 6.18 Å². The largest absolute Gasteiger partial charge is 0.416 e. The molecule has 144 valence electrons. The monoisotopic (exact) mass is 398 g/mol. The van der Waals surface area contributed by atoms with E-state index < -0.39 is 11.7 Å². The topological polar surface area (TPSA) is 15.3 Å². The van der Waals surface area contributed by atoms with Gasteiger partial charge in [0.15, 0.2) is 0 Å². The summed E-state index contributed by atoms with van der Waals surface area (Å²) in [5.74, 6) is 0.477. The number of halogens is 5. The summed E-state index contributed by atoms with van der Waals surface area (Å²) in [6.45, 7) is 3.67. The summed E-state index contributed by atoms with van der Waals surface area (Å²) in [6.07, 6.45) is 1.65. The Hall–Kier alpha value is -0.490. The van der Waals surface area contributed by atoms with Gasteiger partial charge in [-0.25, -0.2) is 0 Å². The molecule has 1 aliphatic heterocycles. The van der Waals surface area contributed by atoms with E-state index in [4.69, 9.17) is 0 Å². The van der Waals surface area contributed by atoms with Gasteiger partial charge in [0.05, 0.1) is 5.56 Å². The first-order valence-corrected chi connectivity index (χ1v) is 8.67. The first kappa shape index (κ1) is 22.6. The lowest BCUT2D eigenvalue weighted by Gasteiger charge is -2.41. The summed E-state index contributed by atoms with van der Waals surface area (Å²) in [5.41, 5.74) is 0.319. The third-order valence-corrected chi connectivity index (χ3v) is 5.20. The lowest BCUT2D eigenvalue weighted by molar-refractivity contribution is -0.137. The van der Waals surface area contributed by atoms with E-state index in [-0.39, 0.29) is 30.9 Å². The maximum Gasteiger partial charge on any atom is 0.416 e. The molecule has 2 fully saturated rings. The Bertz CT molecular complexity index is 495. The zero-order chi connectivity index (χ0) is 16.3. The second kappa shape index (κ2) is 10.0. The SMILES string of the molecule is Cl.Cl.FC(F)(F)c1cccc([C@@H](C2CCCCC2)N2CCNCC2)c1. The van der Waals surface area contributed by atoms with Crippen molar-refractivity contribution in [2.75, 3.05) is 26.2 Å². The van der Waals surface area contributed by atoms with Gasteiger partial charge in [0, 0.05) is 32.2 Å². The van der Waals surface area contributed by atoms with Crippen molar-refractivity contribution in [3.63, 3.8) is 0 Å². The van der Waals surface area contributed by atoms with Gasteiger partial charge in [-0.3, -0.25) is 4.90 Å². The van der Waals surface area contributed by atoms with Crippen LogP contribution in [0.4, 0.5) is 13.2 Å². The van der Waals surface area contributed by atoms with E-state index in [1.807, 2.05) is 6.07 Å². The van der Waals surface area contributed by atoms with Crippen molar-refractivity contribution in [1.29, 1.82) is 0 Å². The molecule has 25 heavy (non-hydrogen) atoms. The molecule has 0 radical (unpaired) electrons. The van der Waals surface area contributed by atoms with Gasteiger partial charge < -0.3 is 5.32 Å². The second-order valence-corrected chi connectivity index (χ2v) is 6.75. The molecule has 0 unspecified atom stereocenters. The Balaban J connectivity index is 0.00000156. The molecule has 3 rings (SSSR count). The van der Waals surface area contributed by atoms with Gasteiger partial charge in [-0.15, -0.1) is 24.8 Å². The van der Waals surface area contributed by atoms with Gasteiger partial charge in [0.2, 0.25) is 0 Å². The lowest BCUT2D eigenvalue weighted by Crippen LogP contribution is -2.47. The average molecular weight is 399 g/mol. The van der Waals surface area contributed by atoms with Crippen LogP contribution in [0.3, 0.4) is 0 Å². The van der Waals surface area contributed by atoms with Crippen molar-refractivity contribution in [1.82, 2.24) is 10.2 Å². The molecular formula is C18H27Cl2F3N2. The van der Waals surface area contributed by atoms with E-state index >= 15 is 0 Å². The minimum absolute atomic E-state index is 0. The normalized spacial score (nSPS) is 21.1. The number of nitrogens with zero attached hydrogens (tertiary/aromatic N) is 1. The van der Waals surface area contributed by atoms with Crippen LogP contribution in [0.2, 0.25) is 0 Å². The van der Waals surface area contributed by atoms with Crippen molar-refractivity contribution < 1.29 is 13.2 Å². The van der Waals surface area contributed by atoms with E-state index in [0.717, 1.165) is 44.6 Å². The van der Waals surface area contributed by atoms with Gasteiger partial charge in [-0.2, -0.15) is 13.2 Å². The summed E-state index contributed by atoms with van der Waals surface area (Å²) in [6, 6.07) is 6.13. The highest BCUT2D eigenvalue weighted by Gasteiger charge is 2.34. The summed E-state index contributed by atoms with van der Waals surface area (Å²) in [4.78, 5) is 2.39. The fourth-order valence-corrected chi connectivity index (χ4v) is 4.09. The Morgan fingerprint density at radius 3 is 2.24 bits per heavy atom. The van der Waals surface area contributed by atoms with E-state index in [2.05, 4.69) is 10.2 Å². The highest BCUT2D eigenvalue weighted by atomic mass is 35.5. The van der Waals surface area contributed by atoms with Crippen LogP contribution in [-0.2, 0) is 6.18 Å². The number of alkyl halides is 3. The third kappa shape index (κ3) is 5.75. The van der Waals surface area contributed by atoms with Gasteiger partial charge in [0.1, 0.15) is 0 Å². The second-order valence-electron chi connectivity index (χ2n) is 6.75. The van der Waals surface area contributed by atoms with E-state index in [0.29, 0.717) is 5.92 Å². The Morgan fingerprint density at radius 2 is 1.64 bits per heavy atom. The highest BCUT2D eigenvalue weighted by Crippen LogP contribution is 2.40. The lowest BCUT2D eigenvalue weighted by atomic mass is 9.80. The molecule has 1 aromatic rings. The standard InChI is InChI=1S/C18H25F3N2.2ClH/c19-18(20,21)16-8-4-7-15(13-16)17(14-5-2-1-3-6-14)23-11-9-22-10-12-23;;/h4,7-8,13-14,17,22H,1-3,5-6,9-12H2;2*1H/t17-;;/m1../s1. The first-order chi connectivity index (χ1) is 11.1. The predicted octanol–water partition coefficient (Wildman–Crippen LogP) is 5.08. The summed E-state index contributed by atoms with van der Waals surface area (Å²) in [5, 5.41) is 3.34. The molecule has 1 aliphatic carbocycles. The fourth-order valence-electron chi connectivity index (χ4n) is 4.09. The molecule has 0 bridgehead atoms. The quantitative estimate of drug-likeness (QED) is 0.763. The maximum absolute atomic E-state index is 13.1. The molecule has 1 N–H and O–H groups in total. The summed E-state index contributed by atoms with van der Waals surface area (Å²) < 4.78 is 39.3. The average Bonchev–Trinajstić information content (AvgIpc) is 2.57. The Morgan fingerprint density at radius 1 is 1.00 bits per heavy atom. The smallest absolute Gasteiger partial charge is 0.314 e. The molecule has 1 heterocycles. The molecule has 1 aromatic carbocycles. The molecule has 1 saturated heterocycles. The van der Waals surface area contributed by atoms with Crippen molar-refractivity contribution in [3.8, 4) is 0 Å². The van der Waals surface area contributed by atoms with Crippen LogP contribution in [0.5, 0.6) is 0 Å². The molecule has 1 atom stereocenters. The van der Waals surface area contributed by atoms with Crippen molar-refractivity contribution >= 4 is 24.8 Å². The number of benzene rings is 1. The van der Waals surface area contributed by atoms with Crippen LogP contribution in [-0.4, -0.2) is 31.1 Å². The van der Waals surface area contributed by atoms with E-state index in [9.17, 15) is 13.2 Å². The minimum Gasteiger partial charge on any atom is -0.314 e. The van der Waals surface area contributed by atoms with Gasteiger partial charge in [0.25, 0.3) is 0 Å². The van der Waals surface area contributed by atoms with Crippen LogP contribution in [0.1, 0.15) is 49.3 Å². The van der Waals surface area contributed by atoms with Gasteiger partial charge in [-0.1, -0.05) is 31.4 Å². The summed E-state index contributed by atoms with van der Waals surface area (Å²) >= 11 is 0. The number of hydrogen-bond acceptors (Lipinski definition) is 2. The fraction of sp³-hybridized carbons (Fsp3) is 0.667. The summed E-state index contributed by atoms with van der Waals surface area (Å²) in [7, 11) is 0. The van der Waals surface area contributed by atoms with Crippen LogP contribution < -0.4 is 5.32 Å². The van der Waals surface area contributed by atoms with Crippen molar-refractivity contribution in [2.45, 2.75) is 44.3 Å². The molecule has 0 amide bonds. The van der Waals surface area contributed by atoms with Crippen LogP contribution in [0.15, 0.2) is 24.3 Å². The molecule has 1 saturated carbocycles. The van der Waals surface area contributed by atoms with Crippen LogP contribution in [0, 0.1) is 5.92 Å². The molecule has 7 heteroatoms. The Labute approximate surface area is 160 Å². The maximum atomic E-state index is 13.1. The van der Waals surface area contributed by atoms with Crippen LogP contribution in [0.25, 0.3) is 0 Å². The highest BCUT2D eigenvalue weighted by molar-refractivity contribution is 5.85. The molecule has 2 nitrogen and oxygen atoms in total. The first-order valence-electron chi connectivity index (χ1n) is 8.67. The number of rotatable bonds is 3. The zero-order valence-corrected chi connectivity index (χ0v) is 15.9. The molecular weight excluding hydrogens is 372 g/mol.